The molecule has 0 aliphatic heterocycles. The predicted molar refractivity (Wildman–Crippen MR) is 50.7 cm³/mol. The molecule has 0 unspecified atom stereocenters. The van der Waals surface area contributed by atoms with Gasteiger partial charge in [-0.3, -0.25) is 4.68 Å². The SMILES string of the molecule is COCCn1ccc(NC2CC2)n1. The van der Waals surface area contributed by atoms with Crippen molar-refractivity contribution in [3.63, 3.8) is 0 Å². The lowest BCUT2D eigenvalue weighted by Crippen LogP contribution is -2.06. The summed E-state index contributed by atoms with van der Waals surface area (Å²) in [6.07, 6.45) is 4.54. The number of ether oxygens (including phenoxy) is 1. The highest BCUT2D eigenvalue weighted by molar-refractivity contribution is 5.35. The molecule has 1 aliphatic carbocycles. The standard InChI is InChI=1S/C9H15N3O/c1-13-7-6-12-5-4-9(11-12)10-8-2-3-8/h4-5,8H,2-3,6-7H2,1H3,(H,10,11). The molecule has 0 atom stereocenters. The van der Waals surface area contributed by atoms with Crippen LogP contribution >= 0.6 is 0 Å². The number of hydrogen-bond donors (Lipinski definition) is 1. The summed E-state index contributed by atoms with van der Waals surface area (Å²) in [7, 11) is 1.70. The fourth-order valence-electron chi connectivity index (χ4n) is 1.18. The third-order valence-corrected chi connectivity index (χ3v) is 2.09. The van der Waals surface area contributed by atoms with E-state index < -0.39 is 0 Å². The van der Waals surface area contributed by atoms with E-state index in [9.17, 15) is 0 Å². The van der Waals surface area contributed by atoms with Gasteiger partial charge in [0.25, 0.3) is 0 Å². The molecule has 1 saturated carbocycles. The number of anilines is 1. The highest BCUT2D eigenvalue weighted by Crippen LogP contribution is 2.23. The van der Waals surface area contributed by atoms with Crippen LogP contribution in [0.2, 0.25) is 0 Å². The van der Waals surface area contributed by atoms with E-state index in [4.69, 9.17) is 4.74 Å². The zero-order chi connectivity index (χ0) is 9.10. The first-order valence-electron chi connectivity index (χ1n) is 4.67. The van der Waals surface area contributed by atoms with Crippen molar-refractivity contribution >= 4 is 5.82 Å². The third-order valence-electron chi connectivity index (χ3n) is 2.09. The molecule has 72 valence electrons. The van der Waals surface area contributed by atoms with Crippen LogP contribution in [0.4, 0.5) is 5.82 Å². The second kappa shape index (κ2) is 3.79. The van der Waals surface area contributed by atoms with Gasteiger partial charge in [-0.15, -0.1) is 0 Å². The Kier molecular flexibility index (Phi) is 2.49. The summed E-state index contributed by atoms with van der Waals surface area (Å²) in [5.74, 6) is 0.985. The van der Waals surface area contributed by atoms with Crippen LogP contribution in [-0.2, 0) is 11.3 Å². The largest absolute Gasteiger partial charge is 0.383 e. The van der Waals surface area contributed by atoms with Crippen molar-refractivity contribution in [2.45, 2.75) is 25.4 Å². The minimum Gasteiger partial charge on any atom is -0.383 e. The summed E-state index contributed by atoms with van der Waals surface area (Å²) in [6, 6.07) is 2.68. The van der Waals surface area contributed by atoms with Crippen LogP contribution in [0.25, 0.3) is 0 Å². The molecule has 0 amide bonds. The molecule has 0 spiro atoms. The number of rotatable bonds is 5. The Bertz CT molecular complexity index is 268. The number of nitrogens with one attached hydrogen (secondary N) is 1. The zero-order valence-electron chi connectivity index (χ0n) is 7.86. The van der Waals surface area contributed by atoms with Gasteiger partial charge in [0.2, 0.25) is 0 Å². The van der Waals surface area contributed by atoms with Gasteiger partial charge >= 0.3 is 0 Å². The maximum atomic E-state index is 4.97. The van der Waals surface area contributed by atoms with Gasteiger partial charge in [0.15, 0.2) is 0 Å². The summed E-state index contributed by atoms with van der Waals surface area (Å²) >= 11 is 0. The number of nitrogens with zero attached hydrogens (tertiary/aromatic N) is 2. The fraction of sp³-hybridized carbons (Fsp3) is 0.667. The summed E-state index contributed by atoms with van der Waals surface area (Å²) in [4.78, 5) is 0. The summed E-state index contributed by atoms with van der Waals surface area (Å²) < 4.78 is 6.86. The van der Waals surface area contributed by atoms with Gasteiger partial charge in [-0.2, -0.15) is 5.10 Å². The first-order chi connectivity index (χ1) is 6.38. The van der Waals surface area contributed by atoms with Gasteiger partial charge in [0, 0.05) is 25.4 Å². The van der Waals surface area contributed by atoms with Crippen molar-refractivity contribution in [3.8, 4) is 0 Å². The molecule has 1 N–H and O–H groups in total. The molecule has 4 nitrogen and oxygen atoms in total. The van der Waals surface area contributed by atoms with Crippen LogP contribution in [0.15, 0.2) is 12.3 Å². The van der Waals surface area contributed by atoms with Gasteiger partial charge in [-0.25, -0.2) is 0 Å². The predicted octanol–water partition coefficient (Wildman–Crippen LogP) is 1.10. The lowest BCUT2D eigenvalue weighted by Gasteiger charge is -2.00. The molecule has 13 heavy (non-hydrogen) atoms. The summed E-state index contributed by atoms with van der Waals surface area (Å²) in [6.45, 7) is 1.54. The van der Waals surface area contributed by atoms with Crippen molar-refractivity contribution in [3.05, 3.63) is 12.3 Å². The van der Waals surface area contributed by atoms with Gasteiger partial charge in [0.05, 0.1) is 13.2 Å². The van der Waals surface area contributed by atoms with Gasteiger partial charge < -0.3 is 10.1 Å². The Balaban J connectivity index is 1.84. The van der Waals surface area contributed by atoms with E-state index in [1.807, 2.05) is 16.9 Å². The number of hydrogen-bond acceptors (Lipinski definition) is 3. The second-order valence-electron chi connectivity index (χ2n) is 3.38. The normalized spacial score (nSPS) is 16.1. The zero-order valence-corrected chi connectivity index (χ0v) is 7.86. The molecular formula is C9H15N3O. The lowest BCUT2D eigenvalue weighted by atomic mass is 10.6. The molecule has 1 heterocycles. The van der Waals surface area contributed by atoms with Crippen LogP contribution < -0.4 is 5.32 Å². The lowest BCUT2D eigenvalue weighted by molar-refractivity contribution is 0.183. The van der Waals surface area contributed by atoms with Crippen LogP contribution in [0.3, 0.4) is 0 Å². The van der Waals surface area contributed by atoms with Gasteiger partial charge in [-0.1, -0.05) is 0 Å². The summed E-state index contributed by atoms with van der Waals surface area (Å²) in [5.41, 5.74) is 0. The Labute approximate surface area is 77.9 Å². The first-order valence-corrected chi connectivity index (χ1v) is 4.67. The Morgan fingerprint density at radius 1 is 1.69 bits per heavy atom. The van der Waals surface area contributed by atoms with E-state index in [-0.39, 0.29) is 0 Å². The molecule has 1 aliphatic rings. The van der Waals surface area contributed by atoms with Gasteiger partial charge in [0.1, 0.15) is 5.82 Å². The summed E-state index contributed by atoms with van der Waals surface area (Å²) in [5, 5.41) is 7.69. The highest BCUT2D eigenvalue weighted by atomic mass is 16.5. The van der Waals surface area contributed by atoms with Crippen LogP contribution in [-0.4, -0.2) is 29.5 Å². The monoisotopic (exact) mass is 181 g/mol. The van der Waals surface area contributed by atoms with Crippen LogP contribution in [0, 0.1) is 0 Å². The van der Waals surface area contributed by atoms with Crippen LogP contribution in [0.5, 0.6) is 0 Å². The molecule has 2 rings (SSSR count). The third kappa shape index (κ3) is 2.45. The van der Waals surface area contributed by atoms with E-state index in [2.05, 4.69) is 10.4 Å². The van der Waals surface area contributed by atoms with Crippen molar-refractivity contribution in [1.82, 2.24) is 9.78 Å². The van der Waals surface area contributed by atoms with E-state index in [1.54, 1.807) is 7.11 Å². The molecule has 0 aromatic carbocycles. The maximum absolute atomic E-state index is 4.97. The Hall–Kier alpha value is -1.03. The van der Waals surface area contributed by atoms with Crippen LogP contribution in [0.1, 0.15) is 12.8 Å². The topological polar surface area (TPSA) is 39.1 Å². The van der Waals surface area contributed by atoms with Gasteiger partial charge in [-0.05, 0) is 12.8 Å². The average molecular weight is 181 g/mol. The molecule has 0 saturated heterocycles. The van der Waals surface area contributed by atoms with E-state index in [1.165, 1.54) is 12.8 Å². The molecule has 1 aromatic heterocycles. The highest BCUT2D eigenvalue weighted by Gasteiger charge is 2.21. The van der Waals surface area contributed by atoms with E-state index >= 15 is 0 Å². The smallest absolute Gasteiger partial charge is 0.148 e. The van der Waals surface area contributed by atoms with Crippen molar-refractivity contribution in [1.29, 1.82) is 0 Å². The fourth-order valence-corrected chi connectivity index (χ4v) is 1.18. The number of aromatic nitrogens is 2. The molecule has 1 aromatic rings. The van der Waals surface area contributed by atoms with E-state index in [0.717, 1.165) is 12.4 Å². The Morgan fingerprint density at radius 3 is 3.23 bits per heavy atom. The molecular weight excluding hydrogens is 166 g/mol. The number of methoxy groups -OCH3 is 1. The Morgan fingerprint density at radius 2 is 2.54 bits per heavy atom. The molecule has 4 heteroatoms. The van der Waals surface area contributed by atoms with Crippen molar-refractivity contribution in [2.24, 2.45) is 0 Å². The van der Waals surface area contributed by atoms with Crippen molar-refractivity contribution in [2.75, 3.05) is 19.0 Å². The minimum atomic E-state index is 0.672. The average Bonchev–Trinajstić information content (AvgIpc) is 2.81. The molecule has 0 bridgehead atoms. The maximum Gasteiger partial charge on any atom is 0.148 e. The van der Waals surface area contributed by atoms with E-state index in [0.29, 0.717) is 12.6 Å². The quantitative estimate of drug-likeness (QED) is 0.739. The second-order valence-corrected chi connectivity index (χ2v) is 3.38. The molecule has 0 radical (unpaired) electrons. The minimum absolute atomic E-state index is 0.672. The molecule has 1 fully saturated rings. The van der Waals surface area contributed by atoms with Crippen molar-refractivity contribution < 1.29 is 4.74 Å². The first kappa shape index (κ1) is 8.56.